The monoisotopic (exact) mass is 454 g/mol. The molecule has 33 heavy (non-hydrogen) atoms. The zero-order valence-corrected chi connectivity index (χ0v) is 18.9. The highest BCUT2D eigenvalue weighted by Crippen LogP contribution is 2.30. The Kier molecular flexibility index (Phi) is 7.74. The molecule has 1 aliphatic heterocycles. The first-order valence-electron chi connectivity index (χ1n) is 10.5. The molecule has 1 aliphatic rings. The van der Waals surface area contributed by atoms with Gasteiger partial charge in [-0.15, -0.1) is 0 Å². The summed E-state index contributed by atoms with van der Waals surface area (Å²) in [5.74, 6) is 0.823. The number of benzene rings is 1. The van der Waals surface area contributed by atoms with Crippen molar-refractivity contribution in [3.8, 4) is 17.7 Å². The van der Waals surface area contributed by atoms with E-state index in [0.29, 0.717) is 37.4 Å². The number of aromatic nitrogens is 2. The van der Waals surface area contributed by atoms with E-state index in [9.17, 15) is 14.9 Å². The fraction of sp³-hybridized carbons (Fsp3) is 0.455. The van der Waals surface area contributed by atoms with Crippen LogP contribution >= 0.6 is 0 Å². The maximum Gasteiger partial charge on any atom is 0.310 e. The van der Waals surface area contributed by atoms with E-state index >= 15 is 0 Å². The third-order valence-electron chi connectivity index (χ3n) is 5.36. The van der Waals surface area contributed by atoms with E-state index in [1.54, 1.807) is 4.90 Å². The first kappa shape index (κ1) is 23.9. The lowest BCUT2D eigenvalue weighted by Gasteiger charge is -2.17. The van der Waals surface area contributed by atoms with Crippen molar-refractivity contribution in [2.75, 3.05) is 47.4 Å². The van der Waals surface area contributed by atoms with E-state index < -0.39 is 4.92 Å². The van der Waals surface area contributed by atoms with Crippen LogP contribution in [0.1, 0.15) is 28.2 Å². The number of carbonyl (C=O) groups is 1. The van der Waals surface area contributed by atoms with E-state index in [1.807, 2.05) is 25.1 Å². The predicted molar refractivity (Wildman–Crippen MR) is 118 cm³/mol. The maximum atomic E-state index is 13.0. The molecule has 1 fully saturated rings. The summed E-state index contributed by atoms with van der Waals surface area (Å²) < 4.78 is 10.7. The number of nitrogens with zero attached hydrogens (tertiary/aromatic N) is 6. The summed E-state index contributed by atoms with van der Waals surface area (Å²) in [6, 6.07) is 6.19. The van der Waals surface area contributed by atoms with E-state index in [4.69, 9.17) is 14.7 Å². The molecule has 0 spiro atoms. The number of methoxy groups -OCH3 is 1. The van der Waals surface area contributed by atoms with Crippen LogP contribution in [0.5, 0.6) is 11.6 Å². The Bertz CT molecular complexity index is 1070. The second-order valence-electron chi connectivity index (χ2n) is 8.02. The Morgan fingerprint density at radius 3 is 2.88 bits per heavy atom. The van der Waals surface area contributed by atoms with Crippen LogP contribution in [0.4, 0.5) is 5.69 Å². The second kappa shape index (κ2) is 10.7. The summed E-state index contributed by atoms with van der Waals surface area (Å²) in [6.07, 6.45) is 2.76. The second-order valence-corrected chi connectivity index (χ2v) is 8.02. The van der Waals surface area contributed by atoms with E-state index in [-0.39, 0.29) is 41.3 Å². The summed E-state index contributed by atoms with van der Waals surface area (Å²) in [7, 11) is 5.20. The van der Waals surface area contributed by atoms with Crippen molar-refractivity contribution in [1.82, 2.24) is 19.8 Å². The van der Waals surface area contributed by atoms with E-state index in [2.05, 4.69) is 9.97 Å². The number of rotatable bonds is 9. The van der Waals surface area contributed by atoms with Gasteiger partial charge in [0, 0.05) is 43.8 Å². The first-order chi connectivity index (χ1) is 15.8. The lowest BCUT2D eigenvalue weighted by atomic mass is 10.0. The van der Waals surface area contributed by atoms with Crippen LogP contribution in [0, 0.1) is 27.4 Å². The van der Waals surface area contributed by atoms with Crippen molar-refractivity contribution < 1.29 is 19.2 Å². The van der Waals surface area contributed by atoms with Crippen LogP contribution in [-0.4, -0.2) is 78.0 Å². The van der Waals surface area contributed by atoms with Gasteiger partial charge in [-0.3, -0.25) is 14.9 Å². The average molecular weight is 454 g/mol. The number of nitriles is 1. The number of hydrogen-bond acceptors (Lipinski definition) is 9. The number of likely N-dealkylation sites (tertiary alicyclic amines) is 1. The number of nitro benzene ring substituents is 1. The molecular weight excluding hydrogens is 428 g/mol. The van der Waals surface area contributed by atoms with Gasteiger partial charge in [0.1, 0.15) is 24.1 Å². The molecule has 1 amide bonds. The maximum absolute atomic E-state index is 13.0. The normalized spacial score (nSPS) is 15.4. The minimum Gasteiger partial charge on any atom is -0.485 e. The van der Waals surface area contributed by atoms with E-state index in [1.165, 1.54) is 31.5 Å². The Morgan fingerprint density at radius 1 is 1.42 bits per heavy atom. The zero-order valence-electron chi connectivity index (χ0n) is 18.9. The third-order valence-corrected chi connectivity index (χ3v) is 5.36. The zero-order chi connectivity index (χ0) is 24.0. The summed E-state index contributed by atoms with van der Waals surface area (Å²) in [4.78, 5) is 36.0. The standard InChI is InChI=1S/C22H26N6O5/c1-26(2)8-9-33-19-11-16(4-5-18(19)28(30)31)22(29)27-7-6-15(14-27)10-20-24-13-17(12-23)21(25-20)32-3/h4-5,11,13,15H,6-10,14H2,1-3H3/t15-/m0/s1. The Balaban J connectivity index is 1.68. The van der Waals surface area contributed by atoms with Gasteiger partial charge in [0.25, 0.3) is 5.91 Å². The first-order valence-corrected chi connectivity index (χ1v) is 10.5. The molecule has 11 heteroatoms. The van der Waals surface area contributed by atoms with Crippen molar-refractivity contribution in [3.63, 3.8) is 0 Å². The van der Waals surface area contributed by atoms with Gasteiger partial charge in [0.2, 0.25) is 5.88 Å². The third kappa shape index (κ3) is 5.93. The molecular formula is C22H26N6O5. The highest BCUT2D eigenvalue weighted by atomic mass is 16.6. The molecule has 1 aromatic heterocycles. The number of ether oxygens (including phenoxy) is 2. The van der Waals surface area contributed by atoms with Crippen molar-refractivity contribution in [2.24, 2.45) is 5.92 Å². The van der Waals surface area contributed by atoms with E-state index in [0.717, 1.165) is 6.42 Å². The van der Waals surface area contributed by atoms with Crippen LogP contribution in [0.25, 0.3) is 0 Å². The predicted octanol–water partition coefficient (Wildman–Crippen LogP) is 1.91. The van der Waals surface area contributed by atoms with Gasteiger partial charge in [0.15, 0.2) is 5.75 Å². The van der Waals surface area contributed by atoms with Crippen LogP contribution in [0.2, 0.25) is 0 Å². The highest BCUT2D eigenvalue weighted by molar-refractivity contribution is 5.95. The minimum atomic E-state index is -0.517. The van der Waals surface area contributed by atoms with Gasteiger partial charge in [-0.25, -0.2) is 4.98 Å². The van der Waals surface area contributed by atoms with Gasteiger partial charge >= 0.3 is 5.69 Å². The molecule has 2 heterocycles. The molecule has 1 saturated heterocycles. The topological polar surface area (TPSA) is 135 Å². The largest absolute Gasteiger partial charge is 0.485 e. The Morgan fingerprint density at radius 2 is 2.21 bits per heavy atom. The summed E-state index contributed by atoms with van der Waals surface area (Å²) in [5, 5.41) is 20.4. The fourth-order valence-electron chi connectivity index (χ4n) is 3.61. The summed E-state index contributed by atoms with van der Waals surface area (Å²) >= 11 is 0. The molecule has 0 aliphatic carbocycles. The van der Waals surface area contributed by atoms with Gasteiger partial charge in [-0.05, 0) is 32.5 Å². The van der Waals surface area contributed by atoms with Crippen LogP contribution in [0.3, 0.4) is 0 Å². The smallest absolute Gasteiger partial charge is 0.310 e. The van der Waals surface area contributed by atoms with Crippen molar-refractivity contribution in [1.29, 1.82) is 5.26 Å². The molecule has 1 atom stereocenters. The number of hydrogen-bond donors (Lipinski definition) is 0. The quantitative estimate of drug-likeness (QED) is 0.411. The number of carbonyl (C=O) groups excluding carboxylic acids is 1. The number of likely N-dealkylation sites (N-methyl/N-ethyl adjacent to an activating group) is 1. The fourth-order valence-corrected chi connectivity index (χ4v) is 3.61. The highest BCUT2D eigenvalue weighted by Gasteiger charge is 2.29. The molecule has 0 unspecified atom stereocenters. The van der Waals surface area contributed by atoms with Crippen LogP contribution in [-0.2, 0) is 6.42 Å². The minimum absolute atomic E-state index is 0.0847. The van der Waals surface area contributed by atoms with Crippen molar-refractivity contribution >= 4 is 11.6 Å². The Labute approximate surface area is 191 Å². The molecule has 1 aromatic carbocycles. The molecule has 0 saturated carbocycles. The lowest BCUT2D eigenvalue weighted by molar-refractivity contribution is -0.385. The molecule has 0 radical (unpaired) electrons. The Hall–Kier alpha value is -3.78. The molecule has 0 bridgehead atoms. The molecule has 0 N–H and O–H groups in total. The number of amides is 1. The molecule has 2 aromatic rings. The van der Waals surface area contributed by atoms with Gasteiger partial charge < -0.3 is 19.3 Å². The van der Waals surface area contributed by atoms with Gasteiger partial charge in [-0.2, -0.15) is 10.2 Å². The van der Waals surface area contributed by atoms with Crippen LogP contribution < -0.4 is 9.47 Å². The van der Waals surface area contributed by atoms with Gasteiger partial charge in [0.05, 0.1) is 18.2 Å². The SMILES string of the molecule is COc1nc(C[C@@H]2CCN(C(=O)c3ccc([N+](=O)[O-])c(OCCN(C)C)c3)C2)ncc1C#N. The summed E-state index contributed by atoms with van der Waals surface area (Å²) in [6.45, 7) is 1.93. The van der Waals surface area contributed by atoms with Gasteiger partial charge in [-0.1, -0.05) is 0 Å². The summed E-state index contributed by atoms with van der Waals surface area (Å²) in [5.41, 5.74) is 0.445. The van der Waals surface area contributed by atoms with Crippen molar-refractivity contribution in [3.05, 3.63) is 51.5 Å². The number of nitro groups is 1. The average Bonchev–Trinajstić information content (AvgIpc) is 3.26. The molecule has 3 rings (SSSR count). The molecule has 11 nitrogen and oxygen atoms in total. The lowest BCUT2D eigenvalue weighted by Crippen LogP contribution is -2.29. The van der Waals surface area contributed by atoms with Crippen molar-refractivity contribution in [2.45, 2.75) is 12.8 Å². The molecule has 174 valence electrons. The van der Waals surface area contributed by atoms with Crippen LogP contribution in [0.15, 0.2) is 24.4 Å².